The van der Waals surface area contributed by atoms with Gasteiger partial charge in [0.15, 0.2) is 0 Å². The van der Waals surface area contributed by atoms with E-state index in [4.69, 9.17) is 0 Å². The molecule has 0 unspecified atom stereocenters. The summed E-state index contributed by atoms with van der Waals surface area (Å²) < 4.78 is 0. The molecule has 1 amide bonds. The molecule has 2 aromatic carbocycles. The minimum Gasteiger partial charge on any atom is -0.279 e. The summed E-state index contributed by atoms with van der Waals surface area (Å²) >= 11 is 0. The van der Waals surface area contributed by atoms with Crippen LogP contribution < -0.4 is 4.90 Å². The number of fused-ring (bicyclic) bond motifs is 1. The van der Waals surface area contributed by atoms with Crippen LogP contribution in [0.3, 0.4) is 0 Å². The number of hydrogen-bond donors (Lipinski definition) is 0. The maximum Gasteiger partial charge on any atom is 0.228 e. The van der Waals surface area contributed by atoms with Crippen LogP contribution in [-0.2, 0) is 4.79 Å². The molecule has 3 aromatic rings. The number of anilines is 2. The van der Waals surface area contributed by atoms with Crippen LogP contribution >= 0.6 is 0 Å². The molecule has 0 N–H and O–H groups in total. The third-order valence-electron chi connectivity index (χ3n) is 3.18. The molecule has 1 aromatic heterocycles. The van der Waals surface area contributed by atoms with E-state index >= 15 is 0 Å². The molecule has 20 heavy (non-hydrogen) atoms. The summed E-state index contributed by atoms with van der Waals surface area (Å²) in [6.07, 6.45) is 1.75. The average Bonchev–Trinajstić information content (AvgIpc) is 2.48. The first-order valence-electron chi connectivity index (χ1n) is 6.47. The predicted molar refractivity (Wildman–Crippen MR) is 81.0 cm³/mol. The quantitative estimate of drug-likeness (QED) is 0.701. The first-order valence-corrected chi connectivity index (χ1v) is 6.47. The number of rotatable bonds is 2. The number of pyridine rings is 1. The van der Waals surface area contributed by atoms with Crippen molar-refractivity contribution in [3.05, 3.63) is 66.9 Å². The van der Waals surface area contributed by atoms with Gasteiger partial charge in [0.1, 0.15) is 0 Å². The Kier molecular flexibility index (Phi) is 3.17. The van der Waals surface area contributed by atoms with Gasteiger partial charge in [0.2, 0.25) is 5.91 Å². The third kappa shape index (κ3) is 2.14. The molecule has 0 saturated heterocycles. The summed E-state index contributed by atoms with van der Waals surface area (Å²) in [5.41, 5.74) is 2.48. The molecule has 0 saturated carbocycles. The lowest BCUT2D eigenvalue weighted by molar-refractivity contribution is -0.115. The standard InChI is InChI=1S/C17H14N2O/c1-13(20)19(15-9-3-2-4-10-15)16-11-5-7-14-8-6-12-18-17(14)16/h2-12H,1H3. The molecule has 3 heteroatoms. The fourth-order valence-corrected chi connectivity index (χ4v) is 2.34. The average molecular weight is 262 g/mol. The van der Waals surface area contributed by atoms with Crippen molar-refractivity contribution in [2.24, 2.45) is 0 Å². The van der Waals surface area contributed by atoms with Crippen molar-refractivity contribution in [3.63, 3.8) is 0 Å². The second kappa shape index (κ2) is 5.13. The number of benzene rings is 2. The highest BCUT2D eigenvalue weighted by atomic mass is 16.2. The third-order valence-corrected chi connectivity index (χ3v) is 3.18. The normalized spacial score (nSPS) is 10.4. The Bertz CT molecular complexity index is 748. The van der Waals surface area contributed by atoms with Gasteiger partial charge >= 0.3 is 0 Å². The van der Waals surface area contributed by atoms with Crippen LogP contribution in [0, 0.1) is 0 Å². The molecule has 0 radical (unpaired) electrons. The molecular weight excluding hydrogens is 248 g/mol. The minimum atomic E-state index is -0.0330. The number of nitrogens with zero attached hydrogens (tertiary/aromatic N) is 2. The zero-order valence-corrected chi connectivity index (χ0v) is 11.2. The van der Waals surface area contributed by atoms with Crippen LogP contribution in [0.15, 0.2) is 66.9 Å². The van der Waals surface area contributed by atoms with Gasteiger partial charge in [-0.25, -0.2) is 0 Å². The van der Waals surface area contributed by atoms with Gasteiger partial charge in [0.05, 0.1) is 11.2 Å². The highest BCUT2D eigenvalue weighted by Crippen LogP contribution is 2.30. The van der Waals surface area contributed by atoms with Gasteiger partial charge in [0.25, 0.3) is 0 Å². The van der Waals surface area contributed by atoms with Gasteiger partial charge in [-0.3, -0.25) is 14.7 Å². The largest absolute Gasteiger partial charge is 0.279 e. The van der Waals surface area contributed by atoms with E-state index in [1.807, 2.05) is 60.7 Å². The molecular formula is C17H14N2O. The first-order chi connectivity index (χ1) is 9.77. The summed E-state index contributed by atoms with van der Waals surface area (Å²) in [7, 11) is 0. The Morgan fingerprint density at radius 3 is 2.45 bits per heavy atom. The number of amides is 1. The second-order valence-electron chi connectivity index (χ2n) is 4.54. The van der Waals surface area contributed by atoms with Crippen molar-refractivity contribution in [2.75, 3.05) is 4.90 Å². The SMILES string of the molecule is CC(=O)N(c1ccccc1)c1cccc2cccnc12. The molecule has 98 valence electrons. The van der Waals surface area contributed by atoms with E-state index in [1.54, 1.807) is 18.0 Å². The van der Waals surface area contributed by atoms with Gasteiger partial charge in [-0.05, 0) is 24.3 Å². The molecule has 0 fully saturated rings. The Morgan fingerprint density at radius 2 is 1.70 bits per heavy atom. The lowest BCUT2D eigenvalue weighted by atomic mass is 10.1. The molecule has 1 heterocycles. The van der Waals surface area contributed by atoms with Crippen LogP contribution in [0.4, 0.5) is 11.4 Å². The highest BCUT2D eigenvalue weighted by molar-refractivity contribution is 6.06. The molecule has 0 spiro atoms. The van der Waals surface area contributed by atoms with Crippen molar-refractivity contribution in [1.29, 1.82) is 0 Å². The van der Waals surface area contributed by atoms with Gasteiger partial charge in [-0.15, -0.1) is 0 Å². The van der Waals surface area contributed by atoms with Crippen molar-refractivity contribution in [1.82, 2.24) is 4.98 Å². The van der Waals surface area contributed by atoms with Crippen molar-refractivity contribution < 1.29 is 4.79 Å². The monoisotopic (exact) mass is 262 g/mol. The Labute approximate surface area is 117 Å². The number of aromatic nitrogens is 1. The van der Waals surface area contributed by atoms with Gasteiger partial charge in [-0.2, -0.15) is 0 Å². The molecule has 0 aliphatic heterocycles. The number of para-hydroxylation sites is 2. The Hall–Kier alpha value is -2.68. The number of carbonyl (C=O) groups is 1. The lowest BCUT2D eigenvalue weighted by Crippen LogP contribution is -2.23. The van der Waals surface area contributed by atoms with E-state index in [0.29, 0.717) is 0 Å². The van der Waals surface area contributed by atoms with Crippen molar-refractivity contribution in [3.8, 4) is 0 Å². The molecule has 0 aliphatic carbocycles. The summed E-state index contributed by atoms with van der Waals surface area (Å²) in [6.45, 7) is 1.56. The van der Waals surface area contributed by atoms with E-state index in [-0.39, 0.29) is 5.91 Å². The van der Waals surface area contributed by atoms with Gasteiger partial charge < -0.3 is 0 Å². The molecule has 0 aliphatic rings. The molecule has 3 nitrogen and oxygen atoms in total. The fraction of sp³-hybridized carbons (Fsp3) is 0.0588. The fourth-order valence-electron chi connectivity index (χ4n) is 2.34. The van der Waals surface area contributed by atoms with Crippen LogP contribution in [0.5, 0.6) is 0 Å². The first kappa shape index (κ1) is 12.4. The summed E-state index contributed by atoms with van der Waals surface area (Å²) in [6, 6.07) is 19.4. The summed E-state index contributed by atoms with van der Waals surface area (Å²) in [5, 5.41) is 1.02. The Morgan fingerprint density at radius 1 is 0.950 bits per heavy atom. The topological polar surface area (TPSA) is 33.2 Å². The maximum absolute atomic E-state index is 12.1. The van der Waals surface area contributed by atoms with Gasteiger partial charge in [-0.1, -0.05) is 36.4 Å². The Balaban J connectivity index is 2.23. The zero-order chi connectivity index (χ0) is 13.9. The lowest BCUT2D eigenvalue weighted by Gasteiger charge is -2.22. The van der Waals surface area contributed by atoms with E-state index < -0.39 is 0 Å². The second-order valence-corrected chi connectivity index (χ2v) is 4.54. The number of carbonyl (C=O) groups excluding carboxylic acids is 1. The molecule has 0 bridgehead atoms. The van der Waals surface area contributed by atoms with Crippen molar-refractivity contribution >= 4 is 28.2 Å². The smallest absolute Gasteiger partial charge is 0.228 e. The van der Waals surface area contributed by atoms with Crippen LogP contribution in [0.2, 0.25) is 0 Å². The van der Waals surface area contributed by atoms with Crippen LogP contribution in [0.25, 0.3) is 10.9 Å². The van der Waals surface area contributed by atoms with E-state index in [0.717, 1.165) is 22.3 Å². The van der Waals surface area contributed by atoms with Crippen LogP contribution in [0.1, 0.15) is 6.92 Å². The van der Waals surface area contributed by atoms with E-state index in [2.05, 4.69) is 4.98 Å². The minimum absolute atomic E-state index is 0.0330. The maximum atomic E-state index is 12.1. The summed E-state index contributed by atoms with van der Waals surface area (Å²) in [5.74, 6) is -0.0330. The van der Waals surface area contributed by atoms with Crippen molar-refractivity contribution in [2.45, 2.75) is 6.92 Å². The molecule has 3 rings (SSSR count). The van der Waals surface area contributed by atoms with E-state index in [9.17, 15) is 4.79 Å². The predicted octanol–water partition coefficient (Wildman–Crippen LogP) is 3.92. The number of hydrogen-bond acceptors (Lipinski definition) is 2. The van der Waals surface area contributed by atoms with Gasteiger partial charge in [0, 0.05) is 24.2 Å². The highest BCUT2D eigenvalue weighted by Gasteiger charge is 2.16. The zero-order valence-electron chi connectivity index (χ0n) is 11.2. The van der Waals surface area contributed by atoms with E-state index in [1.165, 1.54) is 0 Å². The molecule has 0 atom stereocenters. The van der Waals surface area contributed by atoms with Crippen LogP contribution in [-0.4, -0.2) is 10.9 Å². The summed E-state index contributed by atoms with van der Waals surface area (Å²) in [4.78, 5) is 18.2.